The van der Waals surface area contributed by atoms with Crippen molar-refractivity contribution >= 4 is 16.9 Å². The number of fused-ring (bicyclic) bond motifs is 5. The summed E-state index contributed by atoms with van der Waals surface area (Å²) in [7, 11) is 0. The van der Waals surface area contributed by atoms with Gasteiger partial charge in [-0.25, -0.2) is 4.79 Å². The SMILES string of the molecule is O=C(O)c1cc(C2CCCCC2)c2cc3n(c2c1)Cc1ccccc1-3. The molecule has 2 heterocycles. The Labute approximate surface area is 146 Å². The number of carboxylic acids is 1. The minimum atomic E-state index is -0.829. The van der Waals surface area contributed by atoms with E-state index in [4.69, 9.17) is 0 Å². The van der Waals surface area contributed by atoms with Crippen molar-refractivity contribution in [2.24, 2.45) is 0 Å². The van der Waals surface area contributed by atoms with E-state index >= 15 is 0 Å². The van der Waals surface area contributed by atoms with Gasteiger partial charge in [0.1, 0.15) is 0 Å². The van der Waals surface area contributed by atoms with E-state index in [1.165, 1.54) is 59.9 Å². The molecule has 1 saturated carbocycles. The first-order valence-electron chi connectivity index (χ1n) is 9.21. The smallest absolute Gasteiger partial charge is 0.335 e. The quantitative estimate of drug-likeness (QED) is 0.533. The van der Waals surface area contributed by atoms with Gasteiger partial charge in [-0.1, -0.05) is 43.5 Å². The Kier molecular flexibility index (Phi) is 3.24. The fourth-order valence-corrected chi connectivity index (χ4v) is 4.73. The Balaban J connectivity index is 1.76. The molecule has 0 amide bonds. The van der Waals surface area contributed by atoms with Crippen LogP contribution in [0.2, 0.25) is 0 Å². The highest BCUT2D eigenvalue weighted by Gasteiger charge is 2.26. The second-order valence-corrected chi connectivity index (χ2v) is 7.41. The zero-order valence-corrected chi connectivity index (χ0v) is 14.2. The molecule has 25 heavy (non-hydrogen) atoms. The molecule has 3 aromatic rings. The van der Waals surface area contributed by atoms with Crippen LogP contribution in [0.4, 0.5) is 0 Å². The molecular weight excluding hydrogens is 310 g/mol. The highest BCUT2D eigenvalue weighted by molar-refractivity contribution is 5.98. The van der Waals surface area contributed by atoms with Gasteiger partial charge in [-0.3, -0.25) is 0 Å². The van der Waals surface area contributed by atoms with Gasteiger partial charge in [0.05, 0.1) is 5.56 Å². The molecule has 1 aliphatic heterocycles. The summed E-state index contributed by atoms with van der Waals surface area (Å²) in [5.41, 5.74) is 6.57. The van der Waals surface area contributed by atoms with E-state index in [1.54, 1.807) is 0 Å². The molecule has 1 aliphatic carbocycles. The van der Waals surface area contributed by atoms with Crippen LogP contribution in [0, 0.1) is 0 Å². The van der Waals surface area contributed by atoms with Crippen molar-refractivity contribution in [3.05, 3.63) is 59.2 Å². The third kappa shape index (κ3) is 2.22. The summed E-state index contributed by atoms with van der Waals surface area (Å²) in [5.74, 6) is -0.334. The molecule has 0 saturated heterocycles. The fourth-order valence-electron chi connectivity index (χ4n) is 4.73. The van der Waals surface area contributed by atoms with Gasteiger partial charge in [-0.15, -0.1) is 0 Å². The molecule has 0 atom stereocenters. The number of aromatic nitrogens is 1. The first-order chi connectivity index (χ1) is 12.2. The predicted molar refractivity (Wildman–Crippen MR) is 99.3 cm³/mol. The van der Waals surface area contributed by atoms with Gasteiger partial charge in [-0.2, -0.15) is 0 Å². The number of rotatable bonds is 2. The number of carbonyl (C=O) groups is 1. The molecule has 126 valence electrons. The topological polar surface area (TPSA) is 42.2 Å². The van der Waals surface area contributed by atoms with Gasteiger partial charge in [0.25, 0.3) is 0 Å². The molecule has 0 radical (unpaired) electrons. The van der Waals surface area contributed by atoms with Crippen LogP contribution in [0.1, 0.15) is 59.5 Å². The predicted octanol–water partition coefficient (Wildman–Crippen LogP) is 5.42. The highest BCUT2D eigenvalue weighted by atomic mass is 16.4. The number of benzene rings is 2. The number of nitrogens with zero attached hydrogens (tertiary/aromatic N) is 1. The summed E-state index contributed by atoms with van der Waals surface area (Å²) in [4.78, 5) is 11.7. The molecule has 1 N–H and O–H groups in total. The Morgan fingerprint density at radius 3 is 2.64 bits per heavy atom. The maximum absolute atomic E-state index is 11.7. The number of carboxylic acid groups (broad SMARTS) is 1. The van der Waals surface area contributed by atoms with Crippen molar-refractivity contribution < 1.29 is 9.90 Å². The van der Waals surface area contributed by atoms with E-state index in [2.05, 4.69) is 34.9 Å². The molecular formula is C22H21NO2. The lowest BCUT2D eigenvalue weighted by atomic mass is 9.82. The summed E-state index contributed by atoms with van der Waals surface area (Å²) in [6, 6.07) is 14.6. The fraction of sp³-hybridized carbons (Fsp3) is 0.318. The van der Waals surface area contributed by atoms with Gasteiger partial charge in [0.2, 0.25) is 0 Å². The van der Waals surface area contributed by atoms with Crippen LogP contribution in [0.15, 0.2) is 42.5 Å². The van der Waals surface area contributed by atoms with E-state index in [-0.39, 0.29) is 0 Å². The first kappa shape index (κ1) is 14.8. The van der Waals surface area contributed by atoms with Crippen LogP contribution in [0.25, 0.3) is 22.2 Å². The summed E-state index contributed by atoms with van der Waals surface area (Å²) >= 11 is 0. The molecule has 0 unspecified atom stereocenters. The Morgan fingerprint density at radius 2 is 1.84 bits per heavy atom. The van der Waals surface area contributed by atoms with Crippen molar-refractivity contribution in [3.8, 4) is 11.3 Å². The van der Waals surface area contributed by atoms with E-state index in [0.29, 0.717) is 11.5 Å². The van der Waals surface area contributed by atoms with Crippen molar-refractivity contribution in [1.29, 1.82) is 0 Å². The zero-order chi connectivity index (χ0) is 17.0. The molecule has 3 heteroatoms. The molecule has 1 fully saturated rings. The lowest BCUT2D eigenvalue weighted by Crippen LogP contribution is -2.07. The standard InChI is InChI=1S/C22H21NO2/c24-22(25)16-10-18(14-6-2-1-3-7-14)19-12-21-17-9-5-4-8-15(17)13-23(21)20(19)11-16/h4-5,8-12,14H,1-3,6-7,13H2,(H,24,25). The zero-order valence-electron chi connectivity index (χ0n) is 14.2. The van der Waals surface area contributed by atoms with E-state index < -0.39 is 5.97 Å². The second kappa shape index (κ2) is 5.48. The van der Waals surface area contributed by atoms with Crippen molar-refractivity contribution in [2.45, 2.75) is 44.6 Å². The minimum Gasteiger partial charge on any atom is -0.478 e. The van der Waals surface area contributed by atoms with Gasteiger partial charge < -0.3 is 9.67 Å². The van der Waals surface area contributed by atoms with Gasteiger partial charge in [0.15, 0.2) is 0 Å². The number of aromatic carboxylic acids is 1. The lowest BCUT2D eigenvalue weighted by molar-refractivity contribution is 0.0697. The van der Waals surface area contributed by atoms with Crippen LogP contribution in [-0.2, 0) is 6.54 Å². The number of hydrogen-bond acceptors (Lipinski definition) is 1. The van der Waals surface area contributed by atoms with Crippen LogP contribution < -0.4 is 0 Å². The summed E-state index contributed by atoms with van der Waals surface area (Å²) in [6.45, 7) is 0.836. The maximum Gasteiger partial charge on any atom is 0.335 e. The van der Waals surface area contributed by atoms with Crippen LogP contribution in [0.3, 0.4) is 0 Å². The Bertz CT molecular complexity index is 993. The largest absolute Gasteiger partial charge is 0.478 e. The third-order valence-electron chi connectivity index (χ3n) is 5.97. The van der Waals surface area contributed by atoms with Crippen LogP contribution >= 0.6 is 0 Å². The summed E-state index contributed by atoms with van der Waals surface area (Å²) in [6.07, 6.45) is 6.15. The second-order valence-electron chi connectivity index (χ2n) is 7.41. The summed E-state index contributed by atoms with van der Waals surface area (Å²) in [5, 5.41) is 10.9. The summed E-state index contributed by atoms with van der Waals surface area (Å²) < 4.78 is 2.29. The molecule has 0 spiro atoms. The average molecular weight is 331 g/mol. The monoisotopic (exact) mass is 331 g/mol. The molecule has 3 nitrogen and oxygen atoms in total. The van der Waals surface area contributed by atoms with Crippen molar-refractivity contribution in [2.75, 3.05) is 0 Å². The Hall–Kier alpha value is -2.55. The van der Waals surface area contributed by atoms with Crippen LogP contribution in [0.5, 0.6) is 0 Å². The van der Waals surface area contributed by atoms with Crippen LogP contribution in [-0.4, -0.2) is 15.6 Å². The lowest BCUT2D eigenvalue weighted by Gasteiger charge is -2.23. The third-order valence-corrected chi connectivity index (χ3v) is 5.97. The maximum atomic E-state index is 11.7. The Morgan fingerprint density at radius 1 is 1.04 bits per heavy atom. The van der Waals surface area contributed by atoms with E-state index in [9.17, 15) is 9.90 Å². The first-order valence-corrected chi connectivity index (χ1v) is 9.21. The van der Waals surface area contributed by atoms with Gasteiger partial charge in [-0.05, 0) is 48.1 Å². The van der Waals surface area contributed by atoms with Crippen molar-refractivity contribution in [3.63, 3.8) is 0 Å². The molecule has 2 aliphatic rings. The van der Waals surface area contributed by atoms with Gasteiger partial charge >= 0.3 is 5.97 Å². The van der Waals surface area contributed by atoms with Gasteiger partial charge in [0, 0.05) is 28.7 Å². The molecule has 2 aromatic carbocycles. The average Bonchev–Trinajstić information content (AvgIpc) is 3.18. The molecule has 5 rings (SSSR count). The van der Waals surface area contributed by atoms with E-state index in [0.717, 1.165) is 12.1 Å². The molecule has 0 bridgehead atoms. The highest BCUT2D eigenvalue weighted by Crippen LogP contribution is 2.42. The normalized spacial score (nSPS) is 16.8. The molecule has 1 aromatic heterocycles. The van der Waals surface area contributed by atoms with Crippen molar-refractivity contribution in [1.82, 2.24) is 4.57 Å². The minimum absolute atomic E-state index is 0.421. The van der Waals surface area contributed by atoms with E-state index in [1.807, 2.05) is 12.1 Å². The number of hydrogen-bond donors (Lipinski definition) is 1.